The molecule has 0 amide bonds. The summed E-state index contributed by atoms with van der Waals surface area (Å²) in [5.41, 5.74) is 11.1. The Morgan fingerprint density at radius 2 is 0.978 bits per heavy atom. The molecule has 0 aliphatic carbocycles. The van der Waals surface area contributed by atoms with Crippen molar-refractivity contribution in [1.82, 2.24) is 14.1 Å². The van der Waals surface area contributed by atoms with Crippen molar-refractivity contribution in [2.24, 2.45) is 0 Å². The van der Waals surface area contributed by atoms with E-state index in [1.165, 1.54) is 21.5 Å². The number of hydrogen-bond acceptors (Lipinski definition) is 2. The molecule has 3 heterocycles. The SMILES string of the molecule is N#Cc1cccc(-n2c3ccccc3c3ccccc32)c1-c1cccc(-c2ccncc2-n2c3ccccc3c3ccccc32)c1. The summed E-state index contributed by atoms with van der Waals surface area (Å²) in [6, 6.07) is 53.2. The molecular formula is C42H26N4. The Kier molecular flexibility index (Phi) is 5.84. The van der Waals surface area contributed by atoms with Crippen LogP contribution in [0.3, 0.4) is 0 Å². The van der Waals surface area contributed by atoms with Crippen LogP contribution in [0.4, 0.5) is 0 Å². The second-order valence-electron chi connectivity index (χ2n) is 11.5. The Morgan fingerprint density at radius 1 is 0.478 bits per heavy atom. The predicted octanol–water partition coefficient (Wildman–Crippen LogP) is 10.5. The van der Waals surface area contributed by atoms with Crippen molar-refractivity contribution in [3.05, 3.63) is 164 Å². The van der Waals surface area contributed by atoms with Gasteiger partial charge in [-0.1, -0.05) is 97.1 Å². The number of fused-ring (bicyclic) bond motifs is 6. The number of aromatic nitrogens is 3. The van der Waals surface area contributed by atoms with Gasteiger partial charge in [0.2, 0.25) is 0 Å². The smallest absolute Gasteiger partial charge is 0.0998 e. The Hall–Kier alpha value is -6.44. The van der Waals surface area contributed by atoms with Crippen molar-refractivity contribution in [2.45, 2.75) is 0 Å². The minimum Gasteiger partial charge on any atom is -0.309 e. The van der Waals surface area contributed by atoms with E-state index in [0.29, 0.717) is 5.56 Å². The number of pyridine rings is 1. The molecule has 0 aliphatic rings. The monoisotopic (exact) mass is 586 g/mol. The average molecular weight is 587 g/mol. The molecule has 0 aliphatic heterocycles. The molecule has 46 heavy (non-hydrogen) atoms. The van der Waals surface area contributed by atoms with Crippen molar-refractivity contribution in [3.63, 3.8) is 0 Å². The molecule has 6 aromatic carbocycles. The van der Waals surface area contributed by atoms with E-state index >= 15 is 0 Å². The summed E-state index contributed by atoms with van der Waals surface area (Å²) in [7, 11) is 0. The second-order valence-corrected chi connectivity index (χ2v) is 11.5. The van der Waals surface area contributed by atoms with Crippen molar-refractivity contribution >= 4 is 43.6 Å². The first-order chi connectivity index (χ1) is 22.8. The molecule has 3 aromatic heterocycles. The summed E-state index contributed by atoms with van der Waals surface area (Å²) in [6.45, 7) is 0. The molecule has 0 radical (unpaired) electrons. The molecule has 0 saturated carbocycles. The zero-order valence-electron chi connectivity index (χ0n) is 24.8. The first-order valence-electron chi connectivity index (χ1n) is 15.4. The quantitative estimate of drug-likeness (QED) is 0.206. The molecule has 0 unspecified atom stereocenters. The van der Waals surface area contributed by atoms with Crippen LogP contribution in [0.1, 0.15) is 5.56 Å². The lowest BCUT2D eigenvalue weighted by Gasteiger charge is -2.17. The van der Waals surface area contributed by atoms with Gasteiger partial charge in [0.1, 0.15) is 0 Å². The molecule has 214 valence electrons. The summed E-state index contributed by atoms with van der Waals surface area (Å²) < 4.78 is 4.61. The van der Waals surface area contributed by atoms with Gasteiger partial charge in [0.25, 0.3) is 0 Å². The first kappa shape index (κ1) is 26.0. The number of para-hydroxylation sites is 4. The van der Waals surface area contributed by atoms with Gasteiger partial charge < -0.3 is 9.13 Å². The van der Waals surface area contributed by atoms with E-state index in [1.807, 2.05) is 24.5 Å². The lowest BCUT2D eigenvalue weighted by molar-refractivity contribution is 1.14. The fraction of sp³-hybridized carbons (Fsp3) is 0. The number of benzene rings is 6. The third-order valence-electron chi connectivity index (χ3n) is 9.07. The van der Waals surface area contributed by atoms with E-state index < -0.39 is 0 Å². The van der Waals surface area contributed by atoms with Crippen LogP contribution < -0.4 is 0 Å². The highest BCUT2D eigenvalue weighted by atomic mass is 15.0. The van der Waals surface area contributed by atoms with Crippen molar-refractivity contribution in [1.29, 1.82) is 5.26 Å². The van der Waals surface area contributed by atoms with Gasteiger partial charge in [0.05, 0.1) is 51.3 Å². The molecule has 0 spiro atoms. The van der Waals surface area contributed by atoms with Crippen LogP contribution in [0, 0.1) is 11.3 Å². The van der Waals surface area contributed by atoms with Gasteiger partial charge in [-0.05, 0) is 59.7 Å². The van der Waals surface area contributed by atoms with E-state index in [1.54, 1.807) is 0 Å². The highest BCUT2D eigenvalue weighted by molar-refractivity contribution is 6.11. The van der Waals surface area contributed by atoms with Crippen LogP contribution in [-0.2, 0) is 0 Å². The molecule has 4 heteroatoms. The third kappa shape index (κ3) is 3.83. The van der Waals surface area contributed by atoms with Gasteiger partial charge >= 0.3 is 0 Å². The van der Waals surface area contributed by atoms with Gasteiger partial charge in [0, 0.05) is 38.9 Å². The van der Waals surface area contributed by atoms with Crippen LogP contribution in [0.5, 0.6) is 0 Å². The number of rotatable bonds is 4. The zero-order valence-corrected chi connectivity index (χ0v) is 24.8. The first-order valence-corrected chi connectivity index (χ1v) is 15.4. The van der Waals surface area contributed by atoms with E-state index in [-0.39, 0.29) is 0 Å². The van der Waals surface area contributed by atoms with Gasteiger partial charge in [-0.2, -0.15) is 5.26 Å². The fourth-order valence-corrected chi connectivity index (χ4v) is 7.14. The van der Waals surface area contributed by atoms with Crippen molar-refractivity contribution in [3.8, 4) is 39.7 Å². The highest BCUT2D eigenvalue weighted by Crippen LogP contribution is 2.40. The Balaban J connectivity index is 1.29. The van der Waals surface area contributed by atoms with Crippen molar-refractivity contribution < 1.29 is 0 Å². The van der Waals surface area contributed by atoms with Crippen LogP contribution in [0.15, 0.2) is 158 Å². The Labute approximate surface area is 265 Å². The Morgan fingerprint density at radius 3 is 1.54 bits per heavy atom. The van der Waals surface area contributed by atoms with E-state index in [9.17, 15) is 5.26 Å². The maximum Gasteiger partial charge on any atom is 0.0998 e. The molecule has 0 fully saturated rings. The number of hydrogen-bond donors (Lipinski definition) is 0. The molecule has 0 N–H and O–H groups in total. The topological polar surface area (TPSA) is 46.5 Å². The highest BCUT2D eigenvalue weighted by Gasteiger charge is 2.20. The molecule has 9 rings (SSSR count). The molecule has 9 aromatic rings. The third-order valence-corrected chi connectivity index (χ3v) is 9.07. The summed E-state index contributed by atoms with van der Waals surface area (Å²) in [6.07, 6.45) is 3.81. The van der Waals surface area contributed by atoms with Gasteiger partial charge in [-0.3, -0.25) is 4.98 Å². The maximum atomic E-state index is 10.4. The zero-order chi connectivity index (χ0) is 30.6. The number of nitriles is 1. The molecule has 0 saturated heterocycles. The van der Waals surface area contributed by atoms with Gasteiger partial charge in [-0.25, -0.2) is 0 Å². The molecule has 4 nitrogen and oxygen atoms in total. The van der Waals surface area contributed by atoms with E-state index in [2.05, 4.69) is 154 Å². The van der Waals surface area contributed by atoms with E-state index in [0.717, 1.165) is 55.7 Å². The summed E-state index contributed by atoms with van der Waals surface area (Å²) >= 11 is 0. The van der Waals surface area contributed by atoms with Gasteiger partial charge in [-0.15, -0.1) is 0 Å². The molecular weight excluding hydrogens is 560 g/mol. The normalized spacial score (nSPS) is 11.5. The summed E-state index contributed by atoms with van der Waals surface area (Å²) in [5.74, 6) is 0. The summed E-state index contributed by atoms with van der Waals surface area (Å²) in [4.78, 5) is 4.59. The fourth-order valence-electron chi connectivity index (χ4n) is 7.14. The van der Waals surface area contributed by atoms with Crippen LogP contribution in [-0.4, -0.2) is 14.1 Å². The lowest BCUT2D eigenvalue weighted by atomic mass is 9.94. The minimum absolute atomic E-state index is 0.633. The van der Waals surface area contributed by atoms with E-state index in [4.69, 9.17) is 0 Å². The lowest BCUT2D eigenvalue weighted by Crippen LogP contribution is -2.00. The van der Waals surface area contributed by atoms with Gasteiger partial charge in [0.15, 0.2) is 0 Å². The summed E-state index contributed by atoms with van der Waals surface area (Å²) in [5, 5.41) is 15.2. The van der Waals surface area contributed by atoms with Crippen molar-refractivity contribution in [2.75, 3.05) is 0 Å². The maximum absolute atomic E-state index is 10.4. The predicted molar refractivity (Wildman–Crippen MR) is 189 cm³/mol. The number of nitrogens with zero attached hydrogens (tertiary/aromatic N) is 4. The van der Waals surface area contributed by atoms with Crippen LogP contribution in [0.2, 0.25) is 0 Å². The minimum atomic E-state index is 0.633. The largest absolute Gasteiger partial charge is 0.309 e. The second kappa shape index (κ2) is 10.3. The van der Waals surface area contributed by atoms with Crippen LogP contribution >= 0.6 is 0 Å². The molecule has 0 atom stereocenters. The van der Waals surface area contributed by atoms with Crippen LogP contribution in [0.25, 0.3) is 77.2 Å². The average Bonchev–Trinajstić information content (AvgIpc) is 3.64. The Bertz CT molecular complexity index is 2560. The molecule has 0 bridgehead atoms. The standard InChI is InChI=1S/C42H26N4/c43-26-30-13-10-22-40(45-36-18-5-1-14-32(36)33-15-2-6-19-37(33)45)42(30)29-12-9-11-28(25-29)31-23-24-44-27-41(31)46-38-20-7-3-16-34(38)35-17-4-8-21-39(35)46/h1-25,27H.